The van der Waals surface area contributed by atoms with Crippen LogP contribution in [-0.2, 0) is 6.54 Å². The maximum Gasteiger partial charge on any atom is 0.387 e. The van der Waals surface area contributed by atoms with E-state index in [0.717, 1.165) is 11.3 Å². The Bertz CT molecular complexity index is 754. The minimum absolute atomic E-state index is 0.113. The number of hydrogen-bond donors (Lipinski definition) is 2. The van der Waals surface area contributed by atoms with Gasteiger partial charge in [-0.1, -0.05) is 12.1 Å². The van der Waals surface area contributed by atoms with Crippen molar-refractivity contribution in [2.75, 3.05) is 26.6 Å². The van der Waals surface area contributed by atoms with Gasteiger partial charge in [0.05, 0.1) is 14.2 Å². The number of halogens is 2. The normalized spacial score (nSPS) is 11.2. The molecule has 26 heavy (non-hydrogen) atoms. The van der Waals surface area contributed by atoms with Gasteiger partial charge in [-0.2, -0.15) is 8.78 Å². The fourth-order valence-corrected chi connectivity index (χ4v) is 2.25. The molecule has 0 aliphatic rings. The first-order chi connectivity index (χ1) is 12.5. The van der Waals surface area contributed by atoms with Crippen LogP contribution in [0.25, 0.3) is 0 Å². The number of nitrogens with one attached hydrogen (secondary N) is 2. The van der Waals surface area contributed by atoms with Crippen LogP contribution in [0.1, 0.15) is 5.56 Å². The van der Waals surface area contributed by atoms with Gasteiger partial charge in [0.15, 0.2) is 17.5 Å². The Morgan fingerprint density at radius 2 is 1.85 bits per heavy atom. The Kier molecular flexibility index (Phi) is 7.02. The van der Waals surface area contributed by atoms with Crippen LogP contribution < -0.4 is 24.8 Å². The van der Waals surface area contributed by atoms with Crippen LogP contribution in [0, 0.1) is 0 Å². The van der Waals surface area contributed by atoms with Crippen molar-refractivity contribution >= 4 is 11.6 Å². The van der Waals surface area contributed by atoms with Gasteiger partial charge in [-0.05, 0) is 29.8 Å². The van der Waals surface area contributed by atoms with Gasteiger partial charge in [0.25, 0.3) is 0 Å². The third kappa shape index (κ3) is 5.51. The summed E-state index contributed by atoms with van der Waals surface area (Å²) in [6, 6.07) is 11.9. The smallest absolute Gasteiger partial charge is 0.387 e. The van der Waals surface area contributed by atoms with E-state index in [0.29, 0.717) is 24.0 Å². The molecule has 0 bridgehead atoms. The quantitative estimate of drug-likeness (QED) is 0.581. The fourth-order valence-electron chi connectivity index (χ4n) is 2.25. The summed E-state index contributed by atoms with van der Waals surface area (Å²) in [5.74, 6) is 1.83. The van der Waals surface area contributed by atoms with Gasteiger partial charge in [-0.3, -0.25) is 4.99 Å². The standard InChI is InChI=1S/C18H21F2N3O3/c1-21-18(23-13-7-8-15(24-2)16(10-13)25-3)22-11-12-5-4-6-14(9-12)26-17(19)20/h4-10,17H,11H2,1-3H3,(H2,21,22,23). The van der Waals surface area contributed by atoms with Crippen LogP contribution in [0.4, 0.5) is 14.5 Å². The van der Waals surface area contributed by atoms with Crippen LogP contribution >= 0.6 is 0 Å². The molecular formula is C18H21F2N3O3. The number of alkyl halides is 2. The summed E-state index contributed by atoms with van der Waals surface area (Å²) in [6.45, 7) is -2.47. The molecule has 0 amide bonds. The molecule has 0 aliphatic carbocycles. The maximum atomic E-state index is 12.3. The third-order valence-electron chi connectivity index (χ3n) is 3.45. The van der Waals surface area contributed by atoms with Crippen molar-refractivity contribution in [1.29, 1.82) is 0 Å². The number of ether oxygens (including phenoxy) is 3. The third-order valence-corrected chi connectivity index (χ3v) is 3.45. The number of rotatable bonds is 7. The van der Waals surface area contributed by atoms with Gasteiger partial charge in [0.2, 0.25) is 0 Å². The first-order valence-electron chi connectivity index (χ1n) is 7.79. The highest BCUT2D eigenvalue weighted by atomic mass is 19.3. The summed E-state index contributed by atoms with van der Waals surface area (Å²) >= 11 is 0. The molecule has 2 rings (SSSR count). The van der Waals surface area contributed by atoms with Crippen molar-refractivity contribution in [3.8, 4) is 17.2 Å². The van der Waals surface area contributed by atoms with E-state index >= 15 is 0 Å². The highest BCUT2D eigenvalue weighted by molar-refractivity contribution is 5.93. The Morgan fingerprint density at radius 3 is 2.50 bits per heavy atom. The molecule has 0 saturated heterocycles. The number of nitrogens with zero attached hydrogens (tertiary/aromatic N) is 1. The van der Waals surface area contributed by atoms with E-state index in [1.54, 1.807) is 51.6 Å². The summed E-state index contributed by atoms with van der Waals surface area (Å²) in [4.78, 5) is 4.14. The van der Waals surface area contributed by atoms with E-state index in [9.17, 15) is 8.78 Å². The van der Waals surface area contributed by atoms with E-state index in [1.807, 2.05) is 6.07 Å². The second-order valence-corrected chi connectivity index (χ2v) is 5.15. The largest absolute Gasteiger partial charge is 0.493 e. The van der Waals surface area contributed by atoms with Crippen molar-refractivity contribution in [2.24, 2.45) is 4.99 Å². The maximum absolute atomic E-state index is 12.3. The van der Waals surface area contributed by atoms with Crippen LogP contribution in [0.5, 0.6) is 17.2 Å². The van der Waals surface area contributed by atoms with Crippen molar-refractivity contribution in [3.05, 3.63) is 48.0 Å². The number of hydrogen-bond acceptors (Lipinski definition) is 4. The molecular weight excluding hydrogens is 344 g/mol. The molecule has 2 aromatic rings. The summed E-state index contributed by atoms with van der Waals surface area (Å²) < 4.78 is 39.5. The van der Waals surface area contributed by atoms with Crippen LogP contribution in [0.3, 0.4) is 0 Å². The van der Waals surface area contributed by atoms with E-state index < -0.39 is 6.61 Å². The lowest BCUT2D eigenvalue weighted by Gasteiger charge is -2.14. The van der Waals surface area contributed by atoms with Gasteiger partial charge >= 0.3 is 6.61 Å². The molecule has 0 atom stereocenters. The van der Waals surface area contributed by atoms with Gasteiger partial charge in [0.1, 0.15) is 5.75 Å². The molecule has 8 heteroatoms. The molecule has 140 valence electrons. The van der Waals surface area contributed by atoms with Crippen LogP contribution in [0.15, 0.2) is 47.5 Å². The Labute approximate surface area is 150 Å². The zero-order valence-electron chi connectivity index (χ0n) is 14.8. The van der Waals surface area contributed by atoms with Gasteiger partial charge in [-0.25, -0.2) is 0 Å². The summed E-state index contributed by atoms with van der Waals surface area (Å²) in [5, 5.41) is 6.23. The monoisotopic (exact) mass is 365 g/mol. The second kappa shape index (κ2) is 9.45. The minimum atomic E-state index is -2.85. The summed E-state index contributed by atoms with van der Waals surface area (Å²) in [6.07, 6.45) is 0. The molecule has 0 heterocycles. The van der Waals surface area contributed by atoms with Crippen LogP contribution in [0.2, 0.25) is 0 Å². The SMILES string of the molecule is CN=C(NCc1cccc(OC(F)F)c1)Nc1ccc(OC)c(OC)c1. The topological polar surface area (TPSA) is 64.1 Å². The lowest BCUT2D eigenvalue weighted by Crippen LogP contribution is -2.30. The molecule has 6 nitrogen and oxygen atoms in total. The molecule has 0 radical (unpaired) electrons. The van der Waals surface area contributed by atoms with E-state index in [-0.39, 0.29) is 5.75 Å². The zero-order chi connectivity index (χ0) is 18.9. The highest BCUT2D eigenvalue weighted by Crippen LogP contribution is 2.29. The lowest BCUT2D eigenvalue weighted by molar-refractivity contribution is -0.0498. The van der Waals surface area contributed by atoms with E-state index in [4.69, 9.17) is 9.47 Å². The van der Waals surface area contributed by atoms with Crippen molar-refractivity contribution in [3.63, 3.8) is 0 Å². The number of aliphatic imine (C=N–C) groups is 1. The molecule has 0 aromatic heterocycles. The first kappa shape index (κ1) is 19.3. The minimum Gasteiger partial charge on any atom is -0.493 e. The van der Waals surface area contributed by atoms with Gasteiger partial charge in [0, 0.05) is 25.3 Å². The molecule has 0 fully saturated rings. The lowest BCUT2D eigenvalue weighted by atomic mass is 10.2. The molecule has 2 aromatic carbocycles. The fraction of sp³-hybridized carbons (Fsp3) is 0.278. The van der Waals surface area contributed by atoms with Crippen molar-refractivity contribution < 1.29 is 23.0 Å². The Balaban J connectivity index is 2.00. The number of guanidine groups is 1. The molecule has 0 aliphatic heterocycles. The van der Waals surface area contributed by atoms with Crippen molar-refractivity contribution in [2.45, 2.75) is 13.2 Å². The van der Waals surface area contributed by atoms with E-state index in [1.165, 1.54) is 6.07 Å². The van der Waals surface area contributed by atoms with Crippen molar-refractivity contribution in [1.82, 2.24) is 5.32 Å². The molecule has 0 unspecified atom stereocenters. The van der Waals surface area contributed by atoms with Crippen LogP contribution in [-0.4, -0.2) is 33.8 Å². The van der Waals surface area contributed by atoms with Gasteiger partial charge < -0.3 is 24.8 Å². The first-order valence-corrected chi connectivity index (χ1v) is 7.79. The second-order valence-electron chi connectivity index (χ2n) is 5.15. The highest BCUT2D eigenvalue weighted by Gasteiger charge is 2.07. The average Bonchev–Trinajstić information content (AvgIpc) is 2.64. The predicted octanol–water partition coefficient (Wildman–Crippen LogP) is 3.49. The number of anilines is 1. The Morgan fingerprint density at radius 1 is 1.08 bits per heavy atom. The molecule has 0 spiro atoms. The van der Waals surface area contributed by atoms with E-state index in [2.05, 4.69) is 20.4 Å². The average molecular weight is 365 g/mol. The number of benzene rings is 2. The van der Waals surface area contributed by atoms with Gasteiger partial charge in [-0.15, -0.1) is 0 Å². The molecule has 0 saturated carbocycles. The Hall–Kier alpha value is -3.03. The summed E-state index contributed by atoms with van der Waals surface area (Å²) in [5.41, 5.74) is 1.53. The molecule has 2 N–H and O–H groups in total. The zero-order valence-corrected chi connectivity index (χ0v) is 14.8. The number of methoxy groups -OCH3 is 2. The summed E-state index contributed by atoms with van der Waals surface area (Å²) in [7, 11) is 4.76. The predicted molar refractivity (Wildman–Crippen MR) is 96.4 cm³/mol.